The molecule has 0 heterocycles. The molecule has 0 spiro atoms. The molecule has 1 aromatic rings. The van der Waals surface area contributed by atoms with Crippen LogP contribution in [0.2, 0.25) is 0 Å². The molecule has 24 heavy (non-hydrogen) atoms. The first-order chi connectivity index (χ1) is 11.5. The molecule has 0 radical (unpaired) electrons. The first kappa shape index (κ1) is 20.4. The third-order valence-corrected chi connectivity index (χ3v) is 4.72. The fourth-order valence-electron chi connectivity index (χ4n) is 2.28. The zero-order valence-corrected chi connectivity index (χ0v) is 15.4. The predicted molar refractivity (Wildman–Crippen MR) is 98.3 cm³/mol. The summed E-state index contributed by atoms with van der Waals surface area (Å²) in [6.45, 7) is 8.96. The highest BCUT2D eigenvalue weighted by molar-refractivity contribution is 7.99. The Balaban J connectivity index is 2.84. The summed E-state index contributed by atoms with van der Waals surface area (Å²) in [6.07, 6.45) is 3.24. The first-order valence-electron chi connectivity index (χ1n) is 8.09. The molecule has 0 saturated carbocycles. The molecule has 0 aromatic heterocycles. The summed E-state index contributed by atoms with van der Waals surface area (Å²) in [6, 6.07) is 5.81. The van der Waals surface area contributed by atoms with E-state index in [4.69, 9.17) is 5.21 Å². The molecule has 0 unspecified atom stereocenters. The molecule has 1 amide bonds. The van der Waals surface area contributed by atoms with Crippen molar-refractivity contribution >= 4 is 29.5 Å². The third-order valence-electron chi connectivity index (χ3n) is 3.62. The van der Waals surface area contributed by atoms with Crippen LogP contribution in [0, 0.1) is 0 Å². The number of thioether (sulfide) groups is 1. The Kier molecular flexibility index (Phi) is 9.37. The van der Waals surface area contributed by atoms with Gasteiger partial charge in [-0.1, -0.05) is 26.0 Å². The largest absolute Gasteiger partial charge is 0.303 e. The average molecular weight is 350 g/mol. The molecule has 0 aliphatic heterocycles. The highest BCUT2D eigenvalue weighted by Gasteiger charge is 2.08. The number of hydrogen-bond donors (Lipinski definition) is 2. The molecule has 5 nitrogen and oxygen atoms in total. The maximum atomic E-state index is 11.5. The van der Waals surface area contributed by atoms with Crippen molar-refractivity contribution in [2.75, 3.05) is 25.4 Å². The standard InChI is InChI=1S/C18H26N2O3S/c1-4-20(5-2)10-11-24-17-8-6-15(7-9-18(22)19-23)13-16(17)12-14(3)21/h6-9,13,23H,4-5,10-12H2,1-3H3,(H,19,22)/b9-7+. The molecule has 0 aliphatic carbocycles. The SMILES string of the molecule is CCN(CC)CCSc1ccc(/C=C/C(=O)NO)cc1CC(C)=O. The highest BCUT2D eigenvalue weighted by atomic mass is 32.2. The number of nitrogens with one attached hydrogen (secondary N) is 1. The van der Waals surface area contributed by atoms with Crippen LogP contribution in [0.3, 0.4) is 0 Å². The summed E-state index contributed by atoms with van der Waals surface area (Å²) < 4.78 is 0. The van der Waals surface area contributed by atoms with Crippen LogP contribution in [-0.4, -0.2) is 47.2 Å². The van der Waals surface area contributed by atoms with Crippen molar-refractivity contribution in [2.24, 2.45) is 0 Å². The average Bonchev–Trinajstić information content (AvgIpc) is 2.57. The predicted octanol–water partition coefficient (Wildman–Crippen LogP) is 2.77. The van der Waals surface area contributed by atoms with Gasteiger partial charge in [0.15, 0.2) is 0 Å². The molecule has 0 bridgehead atoms. The lowest BCUT2D eigenvalue weighted by Gasteiger charge is -2.18. The van der Waals surface area contributed by atoms with Gasteiger partial charge in [-0.05, 0) is 43.3 Å². The van der Waals surface area contributed by atoms with Crippen molar-refractivity contribution in [2.45, 2.75) is 32.1 Å². The summed E-state index contributed by atoms with van der Waals surface area (Å²) in [7, 11) is 0. The number of ketones is 1. The quantitative estimate of drug-likeness (QED) is 0.294. The van der Waals surface area contributed by atoms with Crippen molar-refractivity contribution in [1.82, 2.24) is 10.4 Å². The maximum absolute atomic E-state index is 11.5. The molecule has 6 heteroatoms. The fraction of sp³-hybridized carbons (Fsp3) is 0.444. The van der Waals surface area contributed by atoms with Gasteiger partial charge < -0.3 is 4.90 Å². The molecular formula is C18H26N2O3S. The monoisotopic (exact) mass is 350 g/mol. The number of hydrogen-bond acceptors (Lipinski definition) is 5. The van der Waals surface area contributed by atoms with Gasteiger partial charge in [0.05, 0.1) is 0 Å². The number of amides is 1. The van der Waals surface area contributed by atoms with Gasteiger partial charge in [-0.15, -0.1) is 11.8 Å². The lowest BCUT2D eigenvalue weighted by atomic mass is 10.1. The second-order valence-corrected chi connectivity index (χ2v) is 6.57. The Hall–Kier alpha value is -1.63. The van der Waals surface area contributed by atoms with Crippen LogP contribution < -0.4 is 5.48 Å². The molecule has 2 N–H and O–H groups in total. The summed E-state index contributed by atoms with van der Waals surface area (Å²) in [5.41, 5.74) is 3.35. The van der Waals surface area contributed by atoms with E-state index < -0.39 is 5.91 Å². The molecule has 0 fully saturated rings. The molecule has 1 aromatic carbocycles. The van der Waals surface area contributed by atoms with Gasteiger partial charge in [0.25, 0.3) is 5.91 Å². The summed E-state index contributed by atoms with van der Waals surface area (Å²) in [5, 5.41) is 8.51. The number of hydroxylamine groups is 1. The Morgan fingerprint density at radius 2 is 2.00 bits per heavy atom. The fourth-order valence-corrected chi connectivity index (χ4v) is 3.33. The van der Waals surface area contributed by atoms with Crippen molar-refractivity contribution < 1.29 is 14.8 Å². The number of benzene rings is 1. The van der Waals surface area contributed by atoms with Crippen molar-refractivity contribution in [1.29, 1.82) is 0 Å². The molecule has 0 aliphatic rings. The molecule has 0 atom stereocenters. The van der Waals surface area contributed by atoms with E-state index in [2.05, 4.69) is 18.7 Å². The number of rotatable bonds is 10. The summed E-state index contributed by atoms with van der Waals surface area (Å²) >= 11 is 1.75. The maximum Gasteiger partial charge on any atom is 0.267 e. The van der Waals surface area contributed by atoms with E-state index in [1.165, 1.54) is 6.08 Å². The van der Waals surface area contributed by atoms with E-state index in [-0.39, 0.29) is 5.78 Å². The van der Waals surface area contributed by atoms with E-state index in [0.717, 1.165) is 41.4 Å². The second kappa shape index (κ2) is 11.0. The molecule has 0 saturated heterocycles. The van der Waals surface area contributed by atoms with E-state index in [1.807, 2.05) is 18.2 Å². The van der Waals surface area contributed by atoms with Crippen LogP contribution in [0.5, 0.6) is 0 Å². The van der Waals surface area contributed by atoms with E-state index in [9.17, 15) is 9.59 Å². The Morgan fingerprint density at radius 1 is 1.29 bits per heavy atom. The molecule has 1 rings (SSSR count). The Labute approximate surface area is 148 Å². The minimum Gasteiger partial charge on any atom is -0.303 e. The van der Waals surface area contributed by atoms with Crippen LogP contribution in [0.15, 0.2) is 29.2 Å². The normalized spacial score (nSPS) is 11.2. The number of Topliss-reactive ketones (excluding diaryl/α,β-unsaturated/α-hetero) is 1. The van der Waals surface area contributed by atoms with Crippen molar-refractivity contribution in [3.05, 3.63) is 35.4 Å². The van der Waals surface area contributed by atoms with E-state index in [0.29, 0.717) is 6.42 Å². The van der Waals surface area contributed by atoms with Gasteiger partial charge in [0, 0.05) is 29.7 Å². The zero-order valence-electron chi connectivity index (χ0n) is 14.5. The van der Waals surface area contributed by atoms with Crippen LogP contribution in [0.25, 0.3) is 6.08 Å². The van der Waals surface area contributed by atoms with Gasteiger partial charge in [-0.25, -0.2) is 5.48 Å². The minimum atomic E-state index is -0.583. The van der Waals surface area contributed by atoms with Gasteiger partial charge in [0.1, 0.15) is 5.78 Å². The number of carbonyl (C=O) groups is 2. The lowest BCUT2D eigenvalue weighted by Crippen LogP contribution is -2.25. The van der Waals surface area contributed by atoms with Crippen molar-refractivity contribution in [3.63, 3.8) is 0 Å². The number of nitrogens with zero attached hydrogens (tertiary/aromatic N) is 1. The molecule has 132 valence electrons. The minimum absolute atomic E-state index is 0.106. The zero-order chi connectivity index (χ0) is 17.9. The second-order valence-electron chi connectivity index (χ2n) is 5.43. The third kappa shape index (κ3) is 7.29. The lowest BCUT2D eigenvalue weighted by molar-refractivity contribution is -0.124. The van der Waals surface area contributed by atoms with Gasteiger partial charge in [-0.3, -0.25) is 14.8 Å². The summed E-state index contributed by atoms with van der Waals surface area (Å²) in [4.78, 5) is 26.1. The molecular weight excluding hydrogens is 324 g/mol. The van der Waals surface area contributed by atoms with Crippen LogP contribution >= 0.6 is 11.8 Å². The Bertz CT molecular complexity index is 584. The van der Waals surface area contributed by atoms with Crippen LogP contribution in [-0.2, 0) is 16.0 Å². The highest BCUT2D eigenvalue weighted by Crippen LogP contribution is 2.25. The number of carbonyl (C=O) groups excluding carboxylic acids is 2. The van der Waals surface area contributed by atoms with E-state index in [1.54, 1.807) is 30.2 Å². The van der Waals surface area contributed by atoms with Gasteiger partial charge in [-0.2, -0.15) is 0 Å². The van der Waals surface area contributed by atoms with Crippen LogP contribution in [0.1, 0.15) is 31.9 Å². The Morgan fingerprint density at radius 3 is 2.58 bits per heavy atom. The smallest absolute Gasteiger partial charge is 0.267 e. The summed E-state index contributed by atoms with van der Waals surface area (Å²) in [5.74, 6) is 0.491. The topological polar surface area (TPSA) is 69.6 Å². The van der Waals surface area contributed by atoms with E-state index >= 15 is 0 Å². The van der Waals surface area contributed by atoms with Gasteiger partial charge in [0.2, 0.25) is 0 Å². The van der Waals surface area contributed by atoms with Gasteiger partial charge >= 0.3 is 0 Å². The first-order valence-corrected chi connectivity index (χ1v) is 9.08. The van der Waals surface area contributed by atoms with Crippen LogP contribution in [0.4, 0.5) is 0 Å². The van der Waals surface area contributed by atoms with Crippen molar-refractivity contribution in [3.8, 4) is 0 Å².